The maximum atomic E-state index is 12.0. The highest BCUT2D eigenvalue weighted by atomic mass is 16.6. The molecule has 3 rings (SSSR count). The van der Waals surface area contributed by atoms with E-state index in [1.54, 1.807) is 10.9 Å². The second kappa shape index (κ2) is 7.74. The summed E-state index contributed by atoms with van der Waals surface area (Å²) in [4.78, 5) is 16.2. The van der Waals surface area contributed by atoms with Gasteiger partial charge < -0.3 is 9.26 Å². The fourth-order valence-electron chi connectivity index (χ4n) is 2.33. The van der Waals surface area contributed by atoms with E-state index in [0.29, 0.717) is 17.6 Å². The number of carbonyl (C=O) groups is 1. The maximum absolute atomic E-state index is 12.0. The first-order chi connectivity index (χ1) is 12.1. The molecule has 0 aliphatic rings. The normalized spacial score (nSPS) is 11.0. The first kappa shape index (κ1) is 16.9. The van der Waals surface area contributed by atoms with Crippen molar-refractivity contribution < 1.29 is 14.1 Å². The Bertz CT molecular complexity index is 824. The topological polar surface area (TPSA) is 83.0 Å². The Balaban J connectivity index is 1.51. The van der Waals surface area contributed by atoms with Crippen molar-refractivity contribution in [2.24, 2.45) is 5.92 Å². The predicted molar refractivity (Wildman–Crippen MR) is 89.9 cm³/mol. The van der Waals surface area contributed by atoms with E-state index in [1.165, 1.54) is 0 Å². The molecular formula is C18H20N4O3. The van der Waals surface area contributed by atoms with Gasteiger partial charge in [0.25, 0.3) is 5.89 Å². The highest BCUT2D eigenvalue weighted by Gasteiger charge is 2.12. The van der Waals surface area contributed by atoms with Crippen molar-refractivity contribution in [1.82, 2.24) is 19.9 Å². The molecule has 0 atom stereocenters. The van der Waals surface area contributed by atoms with Gasteiger partial charge >= 0.3 is 5.97 Å². The molecule has 0 saturated heterocycles. The molecule has 0 aliphatic carbocycles. The van der Waals surface area contributed by atoms with Crippen molar-refractivity contribution in [3.8, 4) is 5.69 Å². The van der Waals surface area contributed by atoms with Gasteiger partial charge in [-0.05, 0) is 18.1 Å². The van der Waals surface area contributed by atoms with Crippen LogP contribution in [-0.2, 0) is 29.0 Å². The van der Waals surface area contributed by atoms with E-state index >= 15 is 0 Å². The van der Waals surface area contributed by atoms with Gasteiger partial charge in [-0.2, -0.15) is 10.1 Å². The largest absolute Gasteiger partial charge is 0.455 e. The van der Waals surface area contributed by atoms with Gasteiger partial charge in [0.15, 0.2) is 12.4 Å². The molecule has 7 nitrogen and oxygen atoms in total. The molecular weight excluding hydrogens is 320 g/mol. The van der Waals surface area contributed by atoms with Crippen LogP contribution >= 0.6 is 0 Å². The molecule has 0 amide bonds. The number of rotatable bonds is 7. The van der Waals surface area contributed by atoms with Gasteiger partial charge in [0, 0.05) is 18.2 Å². The van der Waals surface area contributed by atoms with Crippen LogP contribution in [0.5, 0.6) is 0 Å². The molecule has 1 aromatic carbocycles. The fourth-order valence-corrected chi connectivity index (χ4v) is 2.33. The van der Waals surface area contributed by atoms with Crippen molar-refractivity contribution in [3.05, 3.63) is 60.0 Å². The highest BCUT2D eigenvalue weighted by Crippen LogP contribution is 2.10. The standard InChI is InChI=1S/C18H20N4O3/c1-13(2)8-16-20-17(25-21-16)12-24-18(23)9-14-10-19-22(11-14)15-6-4-3-5-7-15/h3-7,10-11,13H,8-9,12H2,1-2H3. The molecule has 2 aromatic heterocycles. The maximum Gasteiger partial charge on any atom is 0.310 e. The fraction of sp³-hybridized carbons (Fsp3) is 0.333. The summed E-state index contributed by atoms with van der Waals surface area (Å²) < 4.78 is 12.0. The zero-order valence-corrected chi connectivity index (χ0v) is 14.3. The number of para-hydroxylation sites is 1. The van der Waals surface area contributed by atoms with Crippen molar-refractivity contribution in [1.29, 1.82) is 0 Å². The molecule has 0 saturated carbocycles. The summed E-state index contributed by atoms with van der Waals surface area (Å²) in [5, 5.41) is 8.12. The van der Waals surface area contributed by atoms with Gasteiger partial charge in [-0.15, -0.1) is 0 Å². The average molecular weight is 340 g/mol. The van der Waals surface area contributed by atoms with Crippen molar-refractivity contribution in [3.63, 3.8) is 0 Å². The van der Waals surface area contributed by atoms with E-state index in [0.717, 1.165) is 17.7 Å². The quantitative estimate of drug-likeness (QED) is 0.615. The summed E-state index contributed by atoms with van der Waals surface area (Å²) in [6, 6.07) is 9.69. The third-order valence-corrected chi connectivity index (χ3v) is 3.46. The highest BCUT2D eigenvalue weighted by molar-refractivity contribution is 5.72. The summed E-state index contributed by atoms with van der Waals surface area (Å²) in [5.74, 6) is 1.01. The summed E-state index contributed by atoms with van der Waals surface area (Å²) in [6.45, 7) is 4.13. The average Bonchev–Trinajstić information content (AvgIpc) is 3.23. The SMILES string of the molecule is CC(C)Cc1noc(COC(=O)Cc2cnn(-c3ccccc3)c2)n1. The van der Waals surface area contributed by atoms with Crippen LogP contribution in [0.4, 0.5) is 0 Å². The molecule has 3 aromatic rings. The van der Waals surface area contributed by atoms with Crippen LogP contribution in [0.15, 0.2) is 47.2 Å². The molecule has 0 aliphatic heterocycles. The van der Waals surface area contributed by atoms with Gasteiger partial charge in [-0.1, -0.05) is 37.2 Å². The number of esters is 1. The number of aromatic nitrogens is 4. The molecule has 2 heterocycles. The Hall–Kier alpha value is -2.96. The minimum Gasteiger partial charge on any atom is -0.455 e. The third-order valence-electron chi connectivity index (χ3n) is 3.46. The van der Waals surface area contributed by atoms with Crippen molar-refractivity contribution in [2.75, 3.05) is 0 Å². The number of carbonyl (C=O) groups excluding carboxylic acids is 1. The zero-order chi connectivity index (χ0) is 17.6. The van der Waals surface area contributed by atoms with E-state index in [2.05, 4.69) is 29.1 Å². The smallest absolute Gasteiger partial charge is 0.310 e. The lowest BCUT2D eigenvalue weighted by molar-refractivity contribution is -0.144. The van der Waals surface area contributed by atoms with Gasteiger partial charge in [-0.3, -0.25) is 4.79 Å². The second-order valence-corrected chi connectivity index (χ2v) is 6.17. The van der Waals surface area contributed by atoms with E-state index in [9.17, 15) is 4.79 Å². The Morgan fingerprint density at radius 3 is 2.84 bits per heavy atom. The van der Waals surface area contributed by atoms with Gasteiger partial charge in [0.05, 0.1) is 18.3 Å². The predicted octanol–water partition coefficient (Wildman–Crippen LogP) is 2.74. The third kappa shape index (κ3) is 4.76. The first-order valence-corrected chi connectivity index (χ1v) is 8.16. The number of hydrogen-bond donors (Lipinski definition) is 0. The Kier molecular flexibility index (Phi) is 5.23. The molecule has 130 valence electrons. The van der Waals surface area contributed by atoms with Crippen LogP contribution in [0.1, 0.15) is 31.1 Å². The molecule has 0 N–H and O–H groups in total. The Morgan fingerprint density at radius 1 is 1.28 bits per heavy atom. The van der Waals surface area contributed by atoms with E-state index in [1.807, 2.05) is 36.5 Å². The van der Waals surface area contributed by atoms with Gasteiger partial charge in [0.1, 0.15) is 0 Å². The first-order valence-electron chi connectivity index (χ1n) is 8.16. The Morgan fingerprint density at radius 2 is 2.08 bits per heavy atom. The second-order valence-electron chi connectivity index (χ2n) is 6.17. The summed E-state index contributed by atoms with van der Waals surface area (Å²) in [7, 11) is 0. The van der Waals surface area contributed by atoms with Crippen LogP contribution < -0.4 is 0 Å². The monoisotopic (exact) mass is 340 g/mol. The summed E-state index contributed by atoms with van der Waals surface area (Å²) in [5.41, 5.74) is 1.71. The number of nitrogens with zero attached hydrogens (tertiary/aromatic N) is 4. The van der Waals surface area contributed by atoms with Crippen molar-refractivity contribution >= 4 is 5.97 Å². The van der Waals surface area contributed by atoms with E-state index < -0.39 is 0 Å². The molecule has 0 spiro atoms. The zero-order valence-electron chi connectivity index (χ0n) is 14.3. The minimum absolute atomic E-state index is 0.0171. The number of ether oxygens (including phenoxy) is 1. The lowest BCUT2D eigenvalue weighted by Crippen LogP contribution is -2.08. The molecule has 0 unspecified atom stereocenters. The van der Waals surface area contributed by atoms with Crippen LogP contribution in [0.3, 0.4) is 0 Å². The number of hydrogen-bond acceptors (Lipinski definition) is 6. The molecule has 0 radical (unpaired) electrons. The van der Waals surface area contributed by atoms with Gasteiger partial charge in [-0.25, -0.2) is 4.68 Å². The molecule has 0 bridgehead atoms. The lowest BCUT2D eigenvalue weighted by Gasteiger charge is -2.01. The molecule has 25 heavy (non-hydrogen) atoms. The lowest BCUT2D eigenvalue weighted by atomic mass is 10.1. The van der Waals surface area contributed by atoms with Crippen LogP contribution in [0.25, 0.3) is 5.69 Å². The van der Waals surface area contributed by atoms with Crippen molar-refractivity contribution in [2.45, 2.75) is 33.3 Å². The van der Waals surface area contributed by atoms with Crippen LogP contribution in [0.2, 0.25) is 0 Å². The summed E-state index contributed by atoms with van der Waals surface area (Å²) >= 11 is 0. The Labute approximate surface area is 145 Å². The molecule has 7 heteroatoms. The van der Waals surface area contributed by atoms with Gasteiger partial charge in [0.2, 0.25) is 0 Å². The minimum atomic E-state index is -0.365. The molecule has 0 fully saturated rings. The number of benzene rings is 1. The van der Waals surface area contributed by atoms with Crippen LogP contribution in [0, 0.1) is 5.92 Å². The summed E-state index contributed by atoms with van der Waals surface area (Å²) in [6.07, 6.45) is 4.33. The van der Waals surface area contributed by atoms with E-state index in [-0.39, 0.29) is 19.0 Å². The van der Waals surface area contributed by atoms with E-state index in [4.69, 9.17) is 9.26 Å². The van der Waals surface area contributed by atoms with Crippen LogP contribution in [-0.4, -0.2) is 25.9 Å².